The summed E-state index contributed by atoms with van der Waals surface area (Å²) >= 11 is 4.84. The summed E-state index contributed by atoms with van der Waals surface area (Å²) in [4.78, 5) is 0.849. The van der Waals surface area contributed by atoms with Gasteiger partial charge in [-0.25, -0.2) is 4.39 Å². The smallest absolute Gasteiger partial charge is 0.123 e. The number of halogens is 2. The third kappa shape index (κ3) is 2.98. The maximum absolute atomic E-state index is 12.9. The molecule has 0 radical (unpaired) electrons. The Bertz CT molecular complexity index is 514. The lowest BCUT2D eigenvalue weighted by atomic mass is 9.92. The van der Waals surface area contributed by atoms with Gasteiger partial charge in [-0.15, -0.1) is 11.3 Å². The number of benzene rings is 1. The van der Waals surface area contributed by atoms with E-state index in [1.165, 1.54) is 23.5 Å². The van der Waals surface area contributed by atoms with E-state index in [4.69, 9.17) is 5.73 Å². The summed E-state index contributed by atoms with van der Waals surface area (Å²) in [5.41, 5.74) is 6.57. The zero-order valence-electron chi connectivity index (χ0n) is 9.51. The molecule has 0 bridgehead atoms. The average Bonchev–Trinajstić information content (AvgIpc) is 2.79. The number of aliphatic hydroxyl groups excluding tert-OH is 1. The molecule has 2 rings (SSSR count). The molecule has 0 amide bonds. The fraction of sp³-hybridized carbons (Fsp3) is 0.231. The maximum Gasteiger partial charge on any atom is 0.123 e. The van der Waals surface area contributed by atoms with Crippen LogP contribution in [0.3, 0.4) is 0 Å². The highest BCUT2D eigenvalue weighted by molar-refractivity contribution is 9.11. The summed E-state index contributed by atoms with van der Waals surface area (Å²) in [5.74, 6) is -0.515. The Morgan fingerprint density at radius 1 is 1.22 bits per heavy atom. The number of rotatable bonds is 4. The van der Waals surface area contributed by atoms with Crippen molar-refractivity contribution in [2.24, 2.45) is 5.73 Å². The van der Waals surface area contributed by atoms with Crippen LogP contribution in [-0.2, 0) is 0 Å². The largest absolute Gasteiger partial charge is 0.387 e. The second-order valence-electron chi connectivity index (χ2n) is 3.98. The fourth-order valence-electron chi connectivity index (χ4n) is 1.84. The van der Waals surface area contributed by atoms with Gasteiger partial charge in [0.2, 0.25) is 0 Å². The highest BCUT2D eigenvalue weighted by atomic mass is 79.9. The first-order valence-electron chi connectivity index (χ1n) is 5.50. The highest BCUT2D eigenvalue weighted by Crippen LogP contribution is 2.35. The lowest BCUT2D eigenvalue weighted by Gasteiger charge is -2.20. The van der Waals surface area contributed by atoms with Gasteiger partial charge in [-0.05, 0) is 45.8 Å². The summed E-state index contributed by atoms with van der Waals surface area (Å²) in [6.07, 6.45) is -0.670. The Hall–Kier alpha value is -0.750. The summed E-state index contributed by atoms with van der Waals surface area (Å²) < 4.78 is 13.8. The summed E-state index contributed by atoms with van der Waals surface area (Å²) in [6.45, 7) is 0.308. The van der Waals surface area contributed by atoms with E-state index in [1.807, 2.05) is 12.1 Å². The molecule has 0 aliphatic rings. The van der Waals surface area contributed by atoms with E-state index in [9.17, 15) is 9.50 Å². The zero-order valence-corrected chi connectivity index (χ0v) is 11.9. The number of thiophene rings is 1. The van der Waals surface area contributed by atoms with Crippen molar-refractivity contribution in [2.45, 2.75) is 12.0 Å². The molecule has 0 fully saturated rings. The molecule has 1 aromatic heterocycles. The molecule has 2 unspecified atom stereocenters. The third-order valence-corrected chi connectivity index (χ3v) is 4.51. The van der Waals surface area contributed by atoms with Gasteiger partial charge < -0.3 is 10.8 Å². The van der Waals surface area contributed by atoms with Gasteiger partial charge in [-0.3, -0.25) is 0 Å². The first-order chi connectivity index (χ1) is 8.61. The van der Waals surface area contributed by atoms with Gasteiger partial charge in [0.25, 0.3) is 0 Å². The van der Waals surface area contributed by atoms with Gasteiger partial charge in [-0.2, -0.15) is 0 Å². The number of nitrogens with two attached hydrogens (primary N) is 1. The Kier molecular flexibility index (Phi) is 4.50. The highest BCUT2D eigenvalue weighted by Gasteiger charge is 2.22. The lowest BCUT2D eigenvalue weighted by molar-refractivity contribution is 0.151. The molecule has 0 aliphatic carbocycles. The molecule has 18 heavy (non-hydrogen) atoms. The summed E-state index contributed by atoms with van der Waals surface area (Å²) in [5, 5.41) is 10.3. The standard InChI is InChI=1S/C13H13BrFNOS/c14-12-6-5-11(18-12)13(17)10(7-16)8-1-3-9(15)4-2-8/h1-6,10,13,17H,7,16H2. The normalized spacial score (nSPS) is 14.4. The summed E-state index contributed by atoms with van der Waals surface area (Å²) in [6, 6.07) is 9.86. The fourth-order valence-corrected chi connectivity index (χ4v) is 3.32. The molecule has 0 saturated heterocycles. The predicted octanol–water partition coefficient (Wildman–Crippen LogP) is 3.43. The van der Waals surface area contributed by atoms with Crippen LogP contribution in [-0.4, -0.2) is 11.7 Å². The third-order valence-electron chi connectivity index (χ3n) is 2.82. The molecule has 5 heteroatoms. The number of aliphatic hydroxyl groups is 1. The molecule has 0 saturated carbocycles. The topological polar surface area (TPSA) is 46.2 Å². The molecule has 3 N–H and O–H groups in total. The Labute approximate surface area is 117 Å². The zero-order chi connectivity index (χ0) is 13.1. The summed E-state index contributed by atoms with van der Waals surface area (Å²) in [7, 11) is 0. The number of hydrogen-bond donors (Lipinski definition) is 2. The van der Waals surface area contributed by atoms with Crippen LogP contribution in [0.5, 0.6) is 0 Å². The average molecular weight is 330 g/mol. The molecule has 2 nitrogen and oxygen atoms in total. The Morgan fingerprint density at radius 3 is 2.39 bits per heavy atom. The van der Waals surface area contributed by atoms with Crippen LogP contribution in [0.25, 0.3) is 0 Å². The van der Waals surface area contributed by atoms with Crippen molar-refractivity contribution in [1.29, 1.82) is 0 Å². The van der Waals surface area contributed by atoms with Crippen LogP contribution < -0.4 is 5.73 Å². The minimum atomic E-state index is -0.670. The van der Waals surface area contributed by atoms with E-state index in [2.05, 4.69) is 15.9 Å². The van der Waals surface area contributed by atoms with Crippen molar-refractivity contribution in [2.75, 3.05) is 6.54 Å². The van der Waals surface area contributed by atoms with E-state index < -0.39 is 6.10 Å². The van der Waals surface area contributed by atoms with E-state index in [-0.39, 0.29) is 11.7 Å². The molecule has 1 aromatic carbocycles. The van der Waals surface area contributed by atoms with Crippen LogP contribution in [0.4, 0.5) is 4.39 Å². The quantitative estimate of drug-likeness (QED) is 0.902. The van der Waals surface area contributed by atoms with Crippen molar-refractivity contribution >= 4 is 27.3 Å². The molecule has 0 aliphatic heterocycles. The molecule has 2 aromatic rings. The molecule has 96 valence electrons. The maximum atomic E-state index is 12.9. The Balaban J connectivity index is 2.25. The number of hydrogen-bond acceptors (Lipinski definition) is 3. The van der Waals surface area contributed by atoms with Gasteiger partial charge in [0.1, 0.15) is 5.82 Å². The molecule has 1 heterocycles. The first-order valence-corrected chi connectivity index (χ1v) is 7.11. The van der Waals surface area contributed by atoms with Crippen molar-refractivity contribution in [3.63, 3.8) is 0 Å². The molecule has 0 spiro atoms. The van der Waals surface area contributed by atoms with Crippen LogP contribution in [0, 0.1) is 5.82 Å². The van der Waals surface area contributed by atoms with E-state index in [0.717, 1.165) is 14.2 Å². The minimum Gasteiger partial charge on any atom is -0.387 e. The molecule has 2 atom stereocenters. The van der Waals surface area contributed by atoms with Crippen molar-refractivity contribution in [3.8, 4) is 0 Å². The van der Waals surface area contributed by atoms with E-state index >= 15 is 0 Å². The van der Waals surface area contributed by atoms with Crippen molar-refractivity contribution in [3.05, 3.63) is 56.4 Å². The van der Waals surface area contributed by atoms with Gasteiger partial charge in [0, 0.05) is 17.3 Å². The van der Waals surface area contributed by atoms with Gasteiger partial charge in [-0.1, -0.05) is 12.1 Å². The molecular weight excluding hydrogens is 317 g/mol. The SMILES string of the molecule is NCC(c1ccc(F)cc1)C(O)c1ccc(Br)s1. The second kappa shape index (κ2) is 5.93. The molecular formula is C13H13BrFNOS. The monoisotopic (exact) mass is 329 g/mol. The predicted molar refractivity (Wildman–Crippen MR) is 75.2 cm³/mol. The second-order valence-corrected chi connectivity index (χ2v) is 6.48. The van der Waals surface area contributed by atoms with Crippen LogP contribution in [0.2, 0.25) is 0 Å². The van der Waals surface area contributed by atoms with Gasteiger partial charge >= 0.3 is 0 Å². The van der Waals surface area contributed by atoms with Crippen LogP contribution in [0.15, 0.2) is 40.2 Å². The van der Waals surface area contributed by atoms with Crippen LogP contribution in [0.1, 0.15) is 22.5 Å². The van der Waals surface area contributed by atoms with Gasteiger partial charge in [0.15, 0.2) is 0 Å². The minimum absolute atomic E-state index is 0.226. The van der Waals surface area contributed by atoms with Crippen molar-refractivity contribution < 1.29 is 9.50 Å². The van der Waals surface area contributed by atoms with E-state index in [1.54, 1.807) is 12.1 Å². The van der Waals surface area contributed by atoms with Crippen molar-refractivity contribution in [1.82, 2.24) is 0 Å². The Morgan fingerprint density at radius 2 is 1.89 bits per heavy atom. The lowest BCUT2D eigenvalue weighted by Crippen LogP contribution is -2.19. The first kappa shape index (κ1) is 13.7. The van der Waals surface area contributed by atoms with Gasteiger partial charge in [0.05, 0.1) is 9.89 Å². The van der Waals surface area contributed by atoms with E-state index in [0.29, 0.717) is 6.54 Å². The van der Waals surface area contributed by atoms with Crippen LogP contribution >= 0.6 is 27.3 Å².